The molecule has 2 N–H and O–H groups in total. The summed E-state index contributed by atoms with van der Waals surface area (Å²) in [6, 6.07) is 5.85. The number of pyridine rings is 1. The molecular weight excluding hydrogens is 250 g/mol. The number of hydrogen-bond acceptors (Lipinski definition) is 5. The second kappa shape index (κ2) is 5.70. The number of carbonyl (C=O) groups is 1. The minimum atomic E-state index is -0.982. The zero-order valence-corrected chi connectivity index (χ0v) is 10.6. The molecule has 0 saturated carbocycles. The molecule has 0 aliphatic carbocycles. The van der Waals surface area contributed by atoms with E-state index in [0.29, 0.717) is 6.54 Å². The summed E-state index contributed by atoms with van der Waals surface area (Å²) in [4.78, 5) is 19.0. The Hall–Kier alpha value is -1.79. The fraction of sp³-hybridized carbons (Fsp3) is 0.250. The summed E-state index contributed by atoms with van der Waals surface area (Å²) in [5.74, 6) is -0.982. The molecule has 0 unspecified atom stereocenters. The predicted octanol–water partition coefficient (Wildman–Crippen LogP) is 2.09. The largest absolute Gasteiger partial charge is 0.476 e. The number of carboxylic acid groups (broad SMARTS) is 1. The highest BCUT2D eigenvalue weighted by atomic mass is 32.1. The molecule has 5 nitrogen and oxygen atoms in total. The van der Waals surface area contributed by atoms with E-state index in [1.165, 1.54) is 0 Å². The number of thiazole rings is 1. The fourth-order valence-electron chi connectivity index (χ4n) is 1.48. The van der Waals surface area contributed by atoms with E-state index in [0.717, 1.165) is 22.7 Å². The molecule has 18 heavy (non-hydrogen) atoms. The van der Waals surface area contributed by atoms with Crippen LogP contribution in [-0.4, -0.2) is 21.0 Å². The highest BCUT2D eigenvalue weighted by Gasteiger charge is 2.10. The Morgan fingerprint density at radius 1 is 1.56 bits per heavy atom. The molecule has 0 radical (unpaired) electrons. The van der Waals surface area contributed by atoms with E-state index < -0.39 is 5.97 Å². The van der Waals surface area contributed by atoms with E-state index in [2.05, 4.69) is 15.3 Å². The Kier molecular flexibility index (Phi) is 4.01. The third-order valence-electron chi connectivity index (χ3n) is 2.46. The zero-order chi connectivity index (χ0) is 13.0. The molecule has 0 fully saturated rings. The van der Waals surface area contributed by atoms with Gasteiger partial charge < -0.3 is 10.4 Å². The maximum atomic E-state index is 10.7. The van der Waals surface area contributed by atoms with Crippen LogP contribution in [0.25, 0.3) is 0 Å². The van der Waals surface area contributed by atoms with Gasteiger partial charge in [0.05, 0.1) is 11.4 Å². The fourth-order valence-corrected chi connectivity index (χ4v) is 2.14. The van der Waals surface area contributed by atoms with Crippen LogP contribution in [0.15, 0.2) is 29.8 Å². The first-order valence-electron chi connectivity index (χ1n) is 5.49. The number of carboxylic acids is 1. The summed E-state index contributed by atoms with van der Waals surface area (Å²) in [5, 5.41) is 13.9. The highest BCUT2D eigenvalue weighted by molar-refractivity contribution is 7.11. The van der Waals surface area contributed by atoms with E-state index in [-0.39, 0.29) is 11.0 Å². The third kappa shape index (κ3) is 3.12. The van der Waals surface area contributed by atoms with Crippen LogP contribution >= 0.6 is 11.3 Å². The lowest BCUT2D eigenvalue weighted by atomic mass is 10.2. The summed E-state index contributed by atoms with van der Waals surface area (Å²) < 4.78 is 0. The topological polar surface area (TPSA) is 75.1 Å². The summed E-state index contributed by atoms with van der Waals surface area (Å²) in [6.07, 6.45) is 1.75. The van der Waals surface area contributed by atoms with Crippen molar-refractivity contribution < 1.29 is 9.90 Å². The van der Waals surface area contributed by atoms with E-state index >= 15 is 0 Å². The average molecular weight is 263 g/mol. The van der Waals surface area contributed by atoms with Crippen LogP contribution in [0.5, 0.6) is 0 Å². The van der Waals surface area contributed by atoms with Gasteiger partial charge in [-0.1, -0.05) is 6.07 Å². The molecule has 2 rings (SSSR count). The van der Waals surface area contributed by atoms with Crippen LogP contribution in [0.4, 0.5) is 0 Å². The molecule has 2 aromatic rings. The Morgan fingerprint density at radius 3 is 3.00 bits per heavy atom. The third-order valence-corrected chi connectivity index (χ3v) is 3.33. The minimum absolute atomic E-state index is 0.0983. The van der Waals surface area contributed by atoms with E-state index in [9.17, 15) is 4.79 Å². The minimum Gasteiger partial charge on any atom is -0.476 e. The van der Waals surface area contributed by atoms with E-state index in [1.807, 2.05) is 25.1 Å². The van der Waals surface area contributed by atoms with Crippen LogP contribution in [0.1, 0.15) is 34.2 Å². The van der Waals surface area contributed by atoms with Gasteiger partial charge in [0.1, 0.15) is 0 Å². The lowest BCUT2D eigenvalue weighted by Gasteiger charge is -2.11. The van der Waals surface area contributed by atoms with Crippen molar-refractivity contribution in [1.29, 1.82) is 0 Å². The van der Waals surface area contributed by atoms with Crippen molar-refractivity contribution >= 4 is 17.3 Å². The molecule has 0 aromatic carbocycles. The van der Waals surface area contributed by atoms with Crippen molar-refractivity contribution in [2.24, 2.45) is 0 Å². The van der Waals surface area contributed by atoms with Crippen LogP contribution < -0.4 is 5.32 Å². The summed E-state index contributed by atoms with van der Waals surface area (Å²) in [5.41, 5.74) is 1.69. The number of nitrogens with zero attached hydrogens (tertiary/aromatic N) is 2. The van der Waals surface area contributed by atoms with Crippen molar-refractivity contribution in [2.45, 2.75) is 19.5 Å². The predicted molar refractivity (Wildman–Crippen MR) is 68.6 cm³/mol. The van der Waals surface area contributed by atoms with Crippen molar-refractivity contribution in [3.63, 3.8) is 0 Å². The monoisotopic (exact) mass is 263 g/mol. The van der Waals surface area contributed by atoms with Gasteiger partial charge in [-0.15, -0.1) is 11.3 Å². The van der Waals surface area contributed by atoms with Gasteiger partial charge in [-0.2, -0.15) is 0 Å². The smallest absolute Gasteiger partial charge is 0.365 e. The summed E-state index contributed by atoms with van der Waals surface area (Å²) >= 11 is 1.14. The van der Waals surface area contributed by atoms with Crippen LogP contribution in [0, 0.1) is 0 Å². The molecule has 6 heteroatoms. The van der Waals surface area contributed by atoms with Gasteiger partial charge >= 0.3 is 5.97 Å². The second-order valence-corrected chi connectivity index (χ2v) is 4.66. The Bertz CT molecular complexity index is 527. The Morgan fingerprint density at radius 2 is 2.39 bits per heavy atom. The van der Waals surface area contributed by atoms with Crippen LogP contribution in [0.2, 0.25) is 0 Å². The van der Waals surface area contributed by atoms with Crippen LogP contribution in [0.3, 0.4) is 0 Å². The SMILES string of the molecule is C[C@@H](NCc1csc(C(=O)O)n1)c1ccccn1. The van der Waals surface area contributed by atoms with Gasteiger partial charge in [0.25, 0.3) is 0 Å². The quantitative estimate of drug-likeness (QED) is 0.864. The van der Waals surface area contributed by atoms with Gasteiger partial charge in [0, 0.05) is 24.2 Å². The van der Waals surface area contributed by atoms with Crippen molar-refractivity contribution in [2.75, 3.05) is 0 Å². The van der Waals surface area contributed by atoms with Gasteiger partial charge in [-0.3, -0.25) is 4.98 Å². The van der Waals surface area contributed by atoms with Gasteiger partial charge in [0.2, 0.25) is 5.01 Å². The molecule has 1 atom stereocenters. The molecule has 94 valence electrons. The summed E-state index contributed by atoms with van der Waals surface area (Å²) in [7, 11) is 0. The maximum absolute atomic E-state index is 10.7. The number of hydrogen-bond donors (Lipinski definition) is 2. The van der Waals surface area contributed by atoms with Gasteiger partial charge in [-0.25, -0.2) is 9.78 Å². The maximum Gasteiger partial charge on any atom is 0.365 e. The number of aromatic nitrogens is 2. The summed E-state index contributed by atoms with van der Waals surface area (Å²) in [6.45, 7) is 2.54. The molecule has 0 aliphatic rings. The normalized spacial score (nSPS) is 12.3. The second-order valence-electron chi connectivity index (χ2n) is 3.81. The first-order valence-corrected chi connectivity index (χ1v) is 6.37. The van der Waals surface area contributed by atoms with Gasteiger partial charge in [0.15, 0.2) is 0 Å². The van der Waals surface area contributed by atoms with Gasteiger partial charge in [-0.05, 0) is 19.1 Å². The van der Waals surface area contributed by atoms with E-state index in [4.69, 9.17) is 5.11 Å². The lowest BCUT2D eigenvalue weighted by molar-refractivity contribution is 0.0696. The number of rotatable bonds is 5. The van der Waals surface area contributed by atoms with Crippen LogP contribution in [-0.2, 0) is 6.54 Å². The molecule has 0 saturated heterocycles. The van der Waals surface area contributed by atoms with Crippen molar-refractivity contribution in [1.82, 2.24) is 15.3 Å². The molecule has 2 aromatic heterocycles. The zero-order valence-electron chi connectivity index (χ0n) is 9.83. The molecule has 0 aliphatic heterocycles. The standard InChI is InChI=1S/C12H13N3O2S/c1-8(10-4-2-3-5-13-10)14-6-9-7-18-11(15-9)12(16)17/h2-5,7-8,14H,6H2,1H3,(H,16,17)/t8-/m1/s1. The Balaban J connectivity index is 1.93. The molecular formula is C12H13N3O2S. The number of nitrogens with one attached hydrogen (secondary N) is 1. The molecule has 2 heterocycles. The number of aromatic carboxylic acids is 1. The highest BCUT2D eigenvalue weighted by Crippen LogP contribution is 2.12. The first-order chi connectivity index (χ1) is 8.66. The van der Waals surface area contributed by atoms with Crippen molar-refractivity contribution in [3.05, 3.63) is 46.2 Å². The Labute approximate surface area is 109 Å². The average Bonchev–Trinajstić information content (AvgIpc) is 2.86. The first kappa shape index (κ1) is 12.7. The van der Waals surface area contributed by atoms with Crippen molar-refractivity contribution in [3.8, 4) is 0 Å². The molecule has 0 spiro atoms. The lowest BCUT2D eigenvalue weighted by Crippen LogP contribution is -2.19. The molecule has 0 amide bonds. The molecule has 0 bridgehead atoms. The van der Waals surface area contributed by atoms with E-state index in [1.54, 1.807) is 11.6 Å².